The zero-order chi connectivity index (χ0) is 12.3. The Hall–Kier alpha value is -1.18. The number of para-hydroxylation sites is 1. The Kier molecular flexibility index (Phi) is 4.22. The van der Waals surface area contributed by atoms with E-state index < -0.39 is 0 Å². The Morgan fingerprint density at radius 2 is 1.88 bits per heavy atom. The highest BCUT2D eigenvalue weighted by molar-refractivity contribution is 5.71. The molecule has 1 unspecified atom stereocenters. The van der Waals surface area contributed by atoms with Crippen molar-refractivity contribution in [3.05, 3.63) is 23.8 Å². The highest BCUT2D eigenvalue weighted by atomic mass is 15.1. The standard InChI is InChI=1S/C14H24N2/c1-10(2)9-12(4)16(5)14-11(3)7-6-8-13(14)15/h6-8,10,12H,9,15H2,1-5H3. The molecule has 1 atom stereocenters. The molecule has 1 aromatic rings. The Morgan fingerprint density at radius 1 is 1.25 bits per heavy atom. The van der Waals surface area contributed by atoms with Gasteiger partial charge in [0.1, 0.15) is 0 Å². The van der Waals surface area contributed by atoms with E-state index in [0.717, 1.165) is 5.69 Å². The molecule has 2 heteroatoms. The maximum Gasteiger partial charge on any atom is 0.0629 e. The van der Waals surface area contributed by atoms with Crippen molar-refractivity contribution in [1.82, 2.24) is 0 Å². The molecule has 0 bridgehead atoms. The number of rotatable bonds is 4. The predicted molar refractivity (Wildman–Crippen MR) is 72.9 cm³/mol. The van der Waals surface area contributed by atoms with E-state index in [1.807, 2.05) is 12.1 Å². The van der Waals surface area contributed by atoms with Gasteiger partial charge in [-0.1, -0.05) is 26.0 Å². The highest BCUT2D eigenvalue weighted by Crippen LogP contribution is 2.28. The molecule has 2 N–H and O–H groups in total. The zero-order valence-corrected chi connectivity index (χ0v) is 11.1. The lowest BCUT2D eigenvalue weighted by Gasteiger charge is -2.30. The Labute approximate surface area is 99.5 Å². The van der Waals surface area contributed by atoms with E-state index in [1.54, 1.807) is 0 Å². The van der Waals surface area contributed by atoms with E-state index in [1.165, 1.54) is 17.7 Å². The van der Waals surface area contributed by atoms with Crippen molar-refractivity contribution in [2.24, 2.45) is 5.92 Å². The van der Waals surface area contributed by atoms with E-state index in [4.69, 9.17) is 5.73 Å². The van der Waals surface area contributed by atoms with Gasteiger partial charge >= 0.3 is 0 Å². The molecule has 0 aliphatic rings. The number of nitrogen functional groups attached to an aromatic ring is 1. The van der Waals surface area contributed by atoms with E-state index in [2.05, 4.69) is 45.7 Å². The van der Waals surface area contributed by atoms with Gasteiger partial charge in [0.05, 0.1) is 11.4 Å². The summed E-state index contributed by atoms with van der Waals surface area (Å²) < 4.78 is 0. The molecule has 0 aliphatic heterocycles. The average Bonchev–Trinajstić information content (AvgIpc) is 2.16. The first-order valence-electron chi connectivity index (χ1n) is 6.01. The Morgan fingerprint density at radius 3 is 2.38 bits per heavy atom. The minimum atomic E-state index is 0.517. The van der Waals surface area contributed by atoms with Gasteiger partial charge in [-0.25, -0.2) is 0 Å². The van der Waals surface area contributed by atoms with Crippen molar-refractivity contribution >= 4 is 11.4 Å². The Bertz CT molecular complexity index is 324. The third-order valence-corrected chi connectivity index (χ3v) is 3.10. The maximum atomic E-state index is 6.05. The first-order valence-corrected chi connectivity index (χ1v) is 6.01. The topological polar surface area (TPSA) is 29.3 Å². The Balaban J connectivity index is 2.91. The van der Waals surface area contributed by atoms with Gasteiger partial charge in [-0.05, 0) is 37.8 Å². The molecule has 0 fully saturated rings. The molecule has 0 spiro atoms. The average molecular weight is 220 g/mol. The van der Waals surface area contributed by atoms with Gasteiger partial charge in [0, 0.05) is 13.1 Å². The van der Waals surface area contributed by atoms with Crippen LogP contribution >= 0.6 is 0 Å². The van der Waals surface area contributed by atoms with Crippen molar-refractivity contribution in [2.75, 3.05) is 17.7 Å². The summed E-state index contributed by atoms with van der Waals surface area (Å²) >= 11 is 0. The fourth-order valence-electron chi connectivity index (χ4n) is 2.22. The van der Waals surface area contributed by atoms with Gasteiger partial charge < -0.3 is 10.6 Å². The van der Waals surface area contributed by atoms with Crippen molar-refractivity contribution in [3.8, 4) is 0 Å². The highest BCUT2D eigenvalue weighted by Gasteiger charge is 2.15. The largest absolute Gasteiger partial charge is 0.397 e. The molecule has 0 radical (unpaired) electrons. The van der Waals surface area contributed by atoms with Gasteiger partial charge in [0.15, 0.2) is 0 Å². The van der Waals surface area contributed by atoms with Crippen LogP contribution in [0.25, 0.3) is 0 Å². The smallest absolute Gasteiger partial charge is 0.0629 e. The molecular weight excluding hydrogens is 196 g/mol. The minimum Gasteiger partial charge on any atom is -0.397 e. The molecule has 0 aromatic heterocycles. The summed E-state index contributed by atoms with van der Waals surface area (Å²) in [5.41, 5.74) is 9.35. The molecule has 0 heterocycles. The van der Waals surface area contributed by atoms with Crippen LogP contribution in [0.3, 0.4) is 0 Å². The van der Waals surface area contributed by atoms with Crippen LogP contribution in [0, 0.1) is 12.8 Å². The first-order chi connectivity index (χ1) is 7.43. The second-order valence-electron chi connectivity index (χ2n) is 5.10. The number of anilines is 2. The summed E-state index contributed by atoms with van der Waals surface area (Å²) in [4.78, 5) is 2.30. The summed E-state index contributed by atoms with van der Waals surface area (Å²) in [6.45, 7) is 8.88. The van der Waals surface area contributed by atoms with Crippen molar-refractivity contribution in [3.63, 3.8) is 0 Å². The first kappa shape index (κ1) is 12.9. The third kappa shape index (κ3) is 2.91. The van der Waals surface area contributed by atoms with Crippen LogP contribution in [0.5, 0.6) is 0 Å². The van der Waals surface area contributed by atoms with Crippen LogP contribution in [0.1, 0.15) is 32.8 Å². The summed E-state index contributed by atoms with van der Waals surface area (Å²) in [5, 5.41) is 0. The third-order valence-electron chi connectivity index (χ3n) is 3.10. The summed E-state index contributed by atoms with van der Waals surface area (Å²) in [5.74, 6) is 0.711. The number of benzene rings is 1. The molecule has 0 amide bonds. The van der Waals surface area contributed by atoms with E-state index in [0.29, 0.717) is 12.0 Å². The van der Waals surface area contributed by atoms with Gasteiger partial charge in [-0.2, -0.15) is 0 Å². The molecule has 2 nitrogen and oxygen atoms in total. The van der Waals surface area contributed by atoms with Gasteiger partial charge in [-0.15, -0.1) is 0 Å². The lowest BCUT2D eigenvalue weighted by molar-refractivity contribution is 0.504. The second-order valence-corrected chi connectivity index (χ2v) is 5.10. The SMILES string of the molecule is Cc1cccc(N)c1N(C)C(C)CC(C)C. The quantitative estimate of drug-likeness (QED) is 0.787. The summed E-state index contributed by atoms with van der Waals surface area (Å²) in [6, 6.07) is 6.61. The van der Waals surface area contributed by atoms with Gasteiger partial charge in [-0.3, -0.25) is 0 Å². The van der Waals surface area contributed by atoms with Crippen LogP contribution in [0.2, 0.25) is 0 Å². The fourth-order valence-corrected chi connectivity index (χ4v) is 2.22. The normalized spacial score (nSPS) is 12.9. The molecular formula is C14H24N2. The lowest BCUT2D eigenvalue weighted by Crippen LogP contribution is -2.31. The monoisotopic (exact) mass is 220 g/mol. The molecule has 0 saturated carbocycles. The number of hydrogen-bond acceptors (Lipinski definition) is 2. The van der Waals surface area contributed by atoms with Crippen LogP contribution in [-0.2, 0) is 0 Å². The van der Waals surface area contributed by atoms with E-state index in [9.17, 15) is 0 Å². The fraction of sp³-hybridized carbons (Fsp3) is 0.571. The lowest BCUT2D eigenvalue weighted by atomic mass is 10.0. The van der Waals surface area contributed by atoms with Crippen LogP contribution < -0.4 is 10.6 Å². The van der Waals surface area contributed by atoms with Gasteiger partial charge in [0.25, 0.3) is 0 Å². The van der Waals surface area contributed by atoms with Crippen molar-refractivity contribution < 1.29 is 0 Å². The number of nitrogens with zero attached hydrogens (tertiary/aromatic N) is 1. The zero-order valence-electron chi connectivity index (χ0n) is 11.1. The minimum absolute atomic E-state index is 0.517. The number of nitrogens with two attached hydrogens (primary N) is 1. The number of hydrogen-bond donors (Lipinski definition) is 1. The second kappa shape index (κ2) is 5.24. The molecule has 90 valence electrons. The van der Waals surface area contributed by atoms with Gasteiger partial charge in [0.2, 0.25) is 0 Å². The van der Waals surface area contributed by atoms with Crippen LogP contribution in [0.15, 0.2) is 18.2 Å². The summed E-state index contributed by atoms with van der Waals surface area (Å²) in [7, 11) is 2.13. The molecule has 0 saturated heterocycles. The molecule has 1 rings (SSSR count). The maximum absolute atomic E-state index is 6.05. The number of aryl methyl sites for hydroxylation is 1. The van der Waals surface area contributed by atoms with Crippen molar-refractivity contribution in [1.29, 1.82) is 0 Å². The molecule has 1 aromatic carbocycles. The molecule has 0 aliphatic carbocycles. The molecule has 16 heavy (non-hydrogen) atoms. The van der Waals surface area contributed by atoms with Crippen molar-refractivity contribution in [2.45, 2.75) is 40.2 Å². The van der Waals surface area contributed by atoms with E-state index >= 15 is 0 Å². The van der Waals surface area contributed by atoms with Crippen LogP contribution in [-0.4, -0.2) is 13.1 Å². The summed E-state index contributed by atoms with van der Waals surface area (Å²) in [6.07, 6.45) is 1.18. The predicted octanol–water partition coefficient (Wildman–Crippen LogP) is 3.45. The van der Waals surface area contributed by atoms with Crippen LogP contribution in [0.4, 0.5) is 11.4 Å². The van der Waals surface area contributed by atoms with E-state index in [-0.39, 0.29) is 0 Å².